The standard InChI is InChI=1S/C14H19F2NO3/c1-14(2)11(7-12(14)18)17-9-6-8(19-3)4-5-10(9)20-13(15)16/h4-6,11-13,17-18H,7H2,1-3H3. The third-order valence-electron chi connectivity index (χ3n) is 3.95. The van der Waals surface area contributed by atoms with Gasteiger partial charge in [-0.2, -0.15) is 8.78 Å². The number of alkyl halides is 2. The minimum absolute atomic E-state index is 0.00960. The molecule has 1 aromatic rings. The van der Waals surface area contributed by atoms with E-state index in [9.17, 15) is 13.9 Å². The Bertz CT molecular complexity index is 479. The van der Waals surface area contributed by atoms with E-state index < -0.39 is 12.7 Å². The number of hydrogen-bond donors (Lipinski definition) is 2. The highest BCUT2D eigenvalue weighted by atomic mass is 19.3. The Morgan fingerprint density at radius 1 is 1.40 bits per heavy atom. The number of benzene rings is 1. The Kier molecular flexibility index (Phi) is 4.04. The quantitative estimate of drug-likeness (QED) is 0.874. The van der Waals surface area contributed by atoms with Crippen LogP contribution >= 0.6 is 0 Å². The summed E-state index contributed by atoms with van der Waals surface area (Å²) in [6, 6.07) is 4.60. The van der Waals surface area contributed by atoms with Crippen LogP contribution in [0.4, 0.5) is 14.5 Å². The normalized spacial score (nSPS) is 24.1. The van der Waals surface area contributed by atoms with Gasteiger partial charge in [-0.1, -0.05) is 13.8 Å². The van der Waals surface area contributed by atoms with Gasteiger partial charge in [0.15, 0.2) is 0 Å². The molecule has 2 unspecified atom stereocenters. The van der Waals surface area contributed by atoms with Crippen LogP contribution in [0.25, 0.3) is 0 Å². The Hall–Kier alpha value is -1.56. The molecule has 0 heterocycles. The third kappa shape index (κ3) is 2.80. The number of rotatable bonds is 5. The first-order valence-electron chi connectivity index (χ1n) is 6.42. The summed E-state index contributed by atoms with van der Waals surface area (Å²) < 4.78 is 34.4. The van der Waals surface area contributed by atoms with E-state index >= 15 is 0 Å². The van der Waals surface area contributed by atoms with Crippen molar-refractivity contribution in [1.29, 1.82) is 0 Å². The van der Waals surface area contributed by atoms with Crippen LogP contribution in [0.3, 0.4) is 0 Å². The molecule has 0 amide bonds. The molecule has 0 bridgehead atoms. The largest absolute Gasteiger partial charge is 0.497 e. The van der Waals surface area contributed by atoms with Gasteiger partial charge in [-0.15, -0.1) is 0 Å². The van der Waals surface area contributed by atoms with Gasteiger partial charge in [-0.05, 0) is 18.6 Å². The fraction of sp³-hybridized carbons (Fsp3) is 0.571. The first-order valence-corrected chi connectivity index (χ1v) is 6.42. The van der Waals surface area contributed by atoms with Gasteiger partial charge in [0, 0.05) is 17.5 Å². The molecule has 0 aliphatic heterocycles. The summed E-state index contributed by atoms with van der Waals surface area (Å²) in [6.07, 6.45) is 0.170. The van der Waals surface area contributed by atoms with Gasteiger partial charge < -0.3 is 19.9 Å². The average Bonchev–Trinajstić information content (AvgIpc) is 2.39. The van der Waals surface area contributed by atoms with E-state index in [1.54, 1.807) is 12.1 Å². The average molecular weight is 287 g/mol. The Morgan fingerprint density at radius 2 is 2.10 bits per heavy atom. The van der Waals surface area contributed by atoms with Crippen molar-refractivity contribution < 1.29 is 23.4 Å². The van der Waals surface area contributed by atoms with Crippen molar-refractivity contribution in [1.82, 2.24) is 0 Å². The lowest BCUT2D eigenvalue weighted by Crippen LogP contribution is -2.56. The predicted octanol–water partition coefficient (Wildman–Crippen LogP) is 2.87. The zero-order valence-electron chi connectivity index (χ0n) is 11.7. The number of methoxy groups -OCH3 is 1. The highest BCUT2D eigenvalue weighted by molar-refractivity contribution is 5.61. The second-order valence-corrected chi connectivity index (χ2v) is 5.51. The topological polar surface area (TPSA) is 50.7 Å². The molecule has 1 aliphatic carbocycles. The van der Waals surface area contributed by atoms with Gasteiger partial charge in [0.2, 0.25) is 0 Å². The molecular formula is C14H19F2NO3. The number of hydrogen-bond acceptors (Lipinski definition) is 4. The smallest absolute Gasteiger partial charge is 0.387 e. The number of nitrogens with one attached hydrogen (secondary N) is 1. The molecule has 1 aromatic carbocycles. The number of halogens is 2. The van der Waals surface area contributed by atoms with Gasteiger partial charge >= 0.3 is 6.61 Å². The lowest BCUT2D eigenvalue weighted by molar-refractivity contribution is -0.0542. The molecule has 112 valence electrons. The predicted molar refractivity (Wildman–Crippen MR) is 71.4 cm³/mol. The second kappa shape index (κ2) is 5.44. The number of anilines is 1. The maximum absolute atomic E-state index is 12.4. The van der Waals surface area contributed by atoms with E-state index in [1.807, 2.05) is 13.8 Å². The van der Waals surface area contributed by atoms with Crippen LogP contribution in [-0.4, -0.2) is 31.0 Å². The molecule has 2 N–H and O–H groups in total. The van der Waals surface area contributed by atoms with E-state index in [2.05, 4.69) is 10.1 Å². The number of ether oxygens (including phenoxy) is 2. The molecule has 1 fully saturated rings. The monoisotopic (exact) mass is 287 g/mol. The molecule has 1 saturated carbocycles. The van der Waals surface area contributed by atoms with Gasteiger partial charge in [0.25, 0.3) is 0 Å². The maximum Gasteiger partial charge on any atom is 0.387 e. The Balaban J connectivity index is 2.20. The fourth-order valence-electron chi connectivity index (χ4n) is 2.28. The minimum atomic E-state index is -2.89. The van der Waals surface area contributed by atoms with Crippen molar-refractivity contribution in [3.05, 3.63) is 18.2 Å². The Labute approximate surface area is 116 Å². The van der Waals surface area contributed by atoms with Crippen molar-refractivity contribution in [2.75, 3.05) is 12.4 Å². The minimum Gasteiger partial charge on any atom is -0.497 e. The summed E-state index contributed by atoms with van der Waals surface area (Å²) in [7, 11) is 1.50. The summed E-state index contributed by atoms with van der Waals surface area (Å²) >= 11 is 0. The van der Waals surface area contributed by atoms with E-state index in [0.717, 1.165) is 0 Å². The molecule has 0 spiro atoms. The number of aliphatic hydroxyl groups is 1. The SMILES string of the molecule is COc1ccc(OC(F)F)c(NC2CC(O)C2(C)C)c1. The van der Waals surface area contributed by atoms with Crippen LogP contribution in [0.15, 0.2) is 18.2 Å². The summed E-state index contributed by atoms with van der Waals surface area (Å²) in [6.45, 7) is 0.961. The molecular weight excluding hydrogens is 268 g/mol. The molecule has 0 radical (unpaired) electrons. The molecule has 0 saturated heterocycles. The molecule has 2 rings (SSSR count). The van der Waals surface area contributed by atoms with Gasteiger partial charge in [-0.3, -0.25) is 0 Å². The van der Waals surface area contributed by atoms with Crippen LogP contribution in [0.5, 0.6) is 11.5 Å². The molecule has 4 nitrogen and oxygen atoms in total. The first kappa shape index (κ1) is 14.8. The molecule has 1 aliphatic rings. The molecule has 20 heavy (non-hydrogen) atoms. The van der Waals surface area contributed by atoms with Crippen molar-refractivity contribution in [2.45, 2.75) is 39.0 Å². The van der Waals surface area contributed by atoms with Crippen molar-refractivity contribution in [3.63, 3.8) is 0 Å². The summed E-state index contributed by atoms with van der Waals surface area (Å²) in [5.74, 6) is 0.616. The zero-order valence-corrected chi connectivity index (χ0v) is 11.7. The van der Waals surface area contributed by atoms with E-state index in [1.165, 1.54) is 13.2 Å². The highest BCUT2D eigenvalue weighted by Crippen LogP contribution is 2.44. The zero-order chi connectivity index (χ0) is 14.9. The second-order valence-electron chi connectivity index (χ2n) is 5.51. The van der Waals surface area contributed by atoms with Gasteiger partial charge in [0.1, 0.15) is 11.5 Å². The fourth-order valence-corrected chi connectivity index (χ4v) is 2.28. The summed E-state index contributed by atoms with van der Waals surface area (Å²) in [5, 5.41) is 12.9. The first-order chi connectivity index (χ1) is 9.34. The lowest BCUT2D eigenvalue weighted by atomic mass is 9.64. The van der Waals surface area contributed by atoms with Crippen LogP contribution in [0.2, 0.25) is 0 Å². The highest BCUT2D eigenvalue weighted by Gasteiger charge is 2.47. The van der Waals surface area contributed by atoms with Gasteiger partial charge in [-0.25, -0.2) is 0 Å². The summed E-state index contributed by atoms with van der Waals surface area (Å²) in [5.41, 5.74) is 0.125. The van der Waals surface area contributed by atoms with E-state index in [4.69, 9.17) is 4.74 Å². The molecule has 0 aromatic heterocycles. The van der Waals surface area contributed by atoms with E-state index in [-0.39, 0.29) is 17.2 Å². The Morgan fingerprint density at radius 3 is 2.60 bits per heavy atom. The maximum atomic E-state index is 12.4. The van der Waals surface area contributed by atoms with Crippen LogP contribution < -0.4 is 14.8 Å². The number of aliphatic hydroxyl groups excluding tert-OH is 1. The molecule has 6 heteroatoms. The van der Waals surface area contributed by atoms with Crippen LogP contribution in [-0.2, 0) is 0 Å². The third-order valence-corrected chi connectivity index (χ3v) is 3.95. The van der Waals surface area contributed by atoms with Crippen molar-refractivity contribution in [3.8, 4) is 11.5 Å². The van der Waals surface area contributed by atoms with Crippen molar-refractivity contribution >= 4 is 5.69 Å². The summed E-state index contributed by atoms with van der Waals surface area (Å²) in [4.78, 5) is 0. The molecule has 2 atom stereocenters. The van der Waals surface area contributed by atoms with Crippen molar-refractivity contribution in [2.24, 2.45) is 5.41 Å². The van der Waals surface area contributed by atoms with Crippen LogP contribution in [0, 0.1) is 5.41 Å². The van der Waals surface area contributed by atoms with Gasteiger partial charge in [0.05, 0.1) is 18.9 Å². The lowest BCUT2D eigenvalue weighted by Gasteiger charge is -2.50. The van der Waals surface area contributed by atoms with Crippen LogP contribution in [0.1, 0.15) is 20.3 Å². The van der Waals surface area contributed by atoms with E-state index in [0.29, 0.717) is 17.9 Å².